The minimum Gasteiger partial charge on any atom is -0.340 e. The molecule has 0 N–H and O–H groups in total. The van der Waals surface area contributed by atoms with Crippen molar-refractivity contribution >= 4 is 32.6 Å². The first-order valence-electron chi connectivity index (χ1n) is 6.17. The summed E-state index contributed by atoms with van der Waals surface area (Å²) in [7, 11) is 0. The molecule has 3 rings (SSSR count). The Morgan fingerprint density at radius 3 is 2.60 bits per heavy atom. The topological polar surface area (TPSA) is 22.0 Å². The third kappa shape index (κ3) is 2.39. The summed E-state index contributed by atoms with van der Waals surface area (Å²) in [6.45, 7) is 0.203. The number of carbonyl (C=O) groups excluding carboxylic acids is 1. The van der Waals surface area contributed by atoms with Gasteiger partial charge < -0.3 is 4.57 Å². The highest BCUT2D eigenvalue weighted by Crippen LogP contribution is 2.19. The number of hydrogen-bond acceptors (Lipinski definition) is 1. The Bertz CT molecular complexity index is 777. The van der Waals surface area contributed by atoms with E-state index in [1.807, 2.05) is 18.2 Å². The second kappa shape index (κ2) is 5.21. The van der Waals surface area contributed by atoms with Crippen LogP contribution in [0, 0.1) is 5.82 Å². The number of rotatable bonds is 3. The van der Waals surface area contributed by atoms with Crippen LogP contribution in [0.2, 0.25) is 0 Å². The molecule has 3 aromatic rings. The quantitative estimate of drug-likeness (QED) is 0.651. The molecule has 0 aliphatic carbocycles. The first-order valence-corrected chi connectivity index (χ1v) is 6.96. The number of ketones is 1. The normalized spacial score (nSPS) is 10.9. The summed E-state index contributed by atoms with van der Waals surface area (Å²) in [6, 6.07) is 13.8. The van der Waals surface area contributed by atoms with Gasteiger partial charge in [0, 0.05) is 21.6 Å². The van der Waals surface area contributed by atoms with E-state index in [2.05, 4.69) is 15.9 Å². The lowest BCUT2D eigenvalue weighted by Gasteiger charge is -2.05. The second-order valence-corrected chi connectivity index (χ2v) is 5.46. The van der Waals surface area contributed by atoms with Gasteiger partial charge in [0.1, 0.15) is 5.82 Å². The van der Waals surface area contributed by atoms with E-state index < -0.39 is 0 Å². The molecule has 0 radical (unpaired) electrons. The average molecular weight is 332 g/mol. The van der Waals surface area contributed by atoms with E-state index in [1.165, 1.54) is 6.07 Å². The lowest BCUT2D eigenvalue weighted by Crippen LogP contribution is -2.09. The Kier molecular flexibility index (Phi) is 3.40. The van der Waals surface area contributed by atoms with Crippen LogP contribution in [0.1, 0.15) is 10.4 Å². The molecular weight excluding hydrogens is 321 g/mol. The third-order valence-electron chi connectivity index (χ3n) is 3.24. The van der Waals surface area contributed by atoms with E-state index in [0.717, 1.165) is 9.99 Å². The fourth-order valence-electron chi connectivity index (χ4n) is 2.21. The van der Waals surface area contributed by atoms with Crippen LogP contribution in [0.25, 0.3) is 10.9 Å². The van der Waals surface area contributed by atoms with E-state index in [0.29, 0.717) is 10.9 Å². The predicted octanol–water partition coefficient (Wildman–Crippen LogP) is 4.43. The van der Waals surface area contributed by atoms with E-state index in [1.54, 1.807) is 35.0 Å². The molecule has 2 aromatic carbocycles. The zero-order valence-electron chi connectivity index (χ0n) is 10.5. The highest BCUT2D eigenvalue weighted by atomic mass is 79.9. The van der Waals surface area contributed by atoms with Crippen LogP contribution < -0.4 is 0 Å². The summed E-state index contributed by atoms with van der Waals surface area (Å²) in [4.78, 5) is 12.2. The molecular formula is C16H11BrFNO. The minimum absolute atomic E-state index is 0.000684. The van der Waals surface area contributed by atoms with Crippen molar-refractivity contribution in [3.63, 3.8) is 0 Å². The SMILES string of the molecule is O=C(Cn1ccc2c(F)cccc21)c1ccc(Br)cc1. The van der Waals surface area contributed by atoms with Crippen LogP contribution >= 0.6 is 15.9 Å². The molecule has 2 nitrogen and oxygen atoms in total. The summed E-state index contributed by atoms with van der Waals surface area (Å²) in [6.07, 6.45) is 1.74. The van der Waals surface area contributed by atoms with Crippen LogP contribution in [-0.4, -0.2) is 10.4 Å². The Morgan fingerprint density at radius 1 is 1.10 bits per heavy atom. The lowest BCUT2D eigenvalue weighted by atomic mass is 10.1. The third-order valence-corrected chi connectivity index (χ3v) is 3.77. The Balaban J connectivity index is 1.91. The van der Waals surface area contributed by atoms with E-state index >= 15 is 0 Å². The average Bonchev–Trinajstić information content (AvgIpc) is 2.84. The lowest BCUT2D eigenvalue weighted by molar-refractivity contribution is 0.0973. The van der Waals surface area contributed by atoms with Crippen molar-refractivity contribution in [2.75, 3.05) is 0 Å². The van der Waals surface area contributed by atoms with Gasteiger partial charge in [-0.3, -0.25) is 4.79 Å². The van der Waals surface area contributed by atoms with Crippen molar-refractivity contribution in [1.82, 2.24) is 4.57 Å². The van der Waals surface area contributed by atoms with E-state index in [4.69, 9.17) is 0 Å². The van der Waals surface area contributed by atoms with Crippen LogP contribution in [0.4, 0.5) is 4.39 Å². The Labute approximate surface area is 124 Å². The first-order chi connectivity index (χ1) is 9.65. The maximum Gasteiger partial charge on any atom is 0.182 e. The fourth-order valence-corrected chi connectivity index (χ4v) is 2.47. The molecule has 1 aromatic heterocycles. The number of fused-ring (bicyclic) bond motifs is 1. The van der Waals surface area contributed by atoms with Crippen molar-refractivity contribution in [2.24, 2.45) is 0 Å². The monoisotopic (exact) mass is 331 g/mol. The highest BCUT2D eigenvalue weighted by molar-refractivity contribution is 9.10. The zero-order chi connectivity index (χ0) is 14.1. The van der Waals surface area contributed by atoms with Gasteiger partial charge >= 0.3 is 0 Å². The number of Topliss-reactive ketones (excluding diaryl/α,β-unsaturated/α-hetero) is 1. The molecule has 0 atom stereocenters. The molecule has 0 saturated heterocycles. The maximum absolute atomic E-state index is 13.6. The largest absolute Gasteiger partial charge is 0.340 e. The number of carbonyl (C=O) groups is 1. The molecule has 0 saturated carbocycles. The second-order valence-electron chi connectivity index (χ2n) is 4.55. The van der Waals surface area contributed by atoms with Crippen LogP contribution in [0.3, 0.4) is 0 Å². The summed E-state index contributed by atoms with van der Waals surface area (Å²) in [5.41, 5.74) is 1.38. The van der Waals surface area contributed by atoms with Gasteiger partial charge in [0.25, 0.3) is 0 Å². The number of benzene rings is 2. The highest BCUT2D eigenvalue weighted by Gasteiger charge is 2.10. The van der Waals surface area contributed by atoms with Crippen LogP contribution in [-0.2, 0) is 6.54 Å². The van der Waals surface area contributed by atoms with Gasteiger partial charge in [0.05, 0.1) is 12.1 Å². The van der Waals surface area contributed by atoms with Crippen LogP contribution in [0.5, 0.6) is 0 Å². The molecule has 0 bridgehead atoms. The first kappa shape index (κ1) is 13.1. The maximum atomic E-state index is 13.6. The molecule has 20 heavy (non-hydrogen) atoms. The Morgan fingerprint density at radius 2 is 1.85 bits per heavy atom. The van der Waals surface area contributed by atoms with Crippen molar-refractivity contribution in [3.05, 3.63) is 70.6 Å². The zero-order valence-corrected chi connectivity index (χ0v) is 12.1. The predicted molar refractivity (Wildman–Crippen MR) is 80.4 cm³/mol. The van der Waals surface area contributed by atoms with Crippen LogP contribution in [0.15, 0.2) is 59.2 Å². The standard InChI is InChI=1S/C16H11BrFNO/c17-12-6-4-11(5-7-12)16(20)10-19-9-8-13-14(18)2-1-3-15(13)19/h1-9H,10H2. The fraction of sp³-hybridized carbons (Fsp3) is 0.0625. The molecule has 1 heterocycles. The summed E-state index contributed by atoms with van der Waals surface area (Å²) < 4.78 is 16.3. The number of nitrogens with zero attached hydrogens (tertiary/aromatic N) is 1. The van der Waals surface area contributed by atoms with Gasteiger partial charge in [0.15, 0.2) is 5.78 Å². The summed E-state index contributed by atoms with van der Waals surface area (Å²) in [5, 5.41) is 0.538. The molecule has 100 valence electrons. The molecule has 0 spiro atoms. The Hall–Kier alpha value is -1.94. The minimum atomic E-state index is -0.266. The van der Waals surface area contributed by atoms with E-state index in [9.17, 15) is 9.18 Å². The van der Waals surface area contributed by atoms with Crippen molar-refractivity contribution < 1.29 is 9.18 Å². The smallest absolute Gasteiger partial charge is 0.182 e. The molecule has 0 amide bonds. The molecule has 0 aliphatic rings. The van der Waals surface area contributed by atoms with E-state index in [-0.39, 0.29) is 18.1 Å². The van der Waals surface area contributed by atoms with Crippen molar-refractivity contribution in [3.8, 4) is 0 Å². The molecule has 0 fully saturated rings. The molecule has 0 aliphatic heterocycles. The number of halogens is 2. The van der Waals surface area contributed by atoms with Gasteiger partial charge in [0.2, 0.25) is 0 Å². The van der Waals surface area contributed by atoms with Gasteiger partial charge in [-0.05, 0) is 30.3 Å². The van der Waals surface area contributed by atoms with Gasteiger partial charge in [-0.2, -0.15) is 0 Å². The summed E-state index contributed by atoms with van der Waals surface area (Å²) in [5.74, 6) is -0.267. The number of hydrogen-bond donors (Lipinski definition) is 0. The summed E-state index contributed by atoms with van der Waals surface area (Å²) >= 11 is 3.34. The molecule has 0 unspecified atom stereocenters. The van der Waals surface area contributed by atoms with Gasteiger partial charge in [-0.15, -0.1) is 0 Å². The van der Waals surface area contributed by atoms with Gasteiger partial charge in [-0.1, -0.05) is 34.1 Å². The van der Waals surface area contributed by atoms with Gasteiger partial charge in [-0.25, -0.2) is 4.39 Å². The molecule has 4 heteroatoms. The van der Waals surface area contributed by atoms with Crippen molar-refractivity contribution in [1.29, 1.82) is 0 Å². The number of aromatic nitrogens is 1. The van der Waals surface area contributed by atoms with Crippen molar-refractivity contribution in [2.45, 2.75) is 6.54 Å².